The van der Waals surface area contributed by atoms with Crippen LogP contribution < -0.4 is 0 Å². The molecule has 12 heavy (non-hydrogen) atoms. The number of halogens is 1. The first kappa shape index (κ1) is 12.1. The molecule has 2 nitrogen and oxygen atoms in total. The van der Waals surface area contributed by atoms with Crippen LogP contribution in [-0.4, -0.2) is 25.1 Å². The summed E-state index contributed by atoms with van der Waals surface area (Å²) in [5.41, 5.74) is 0. The zero-order valence-electron chi connectivity index (χ0n) is 7.64. The van der Waals surface area contributed by atoms with E-state index >= 15 is 0 Å². The van der Waals surface area contributed by atoms with Gasteiger partial charge in [0.2, 0.25) is 0 Å². The Kier molecular flexibility index (Phi) is 7.81. The quantitative estimate of drug-likeness (QED) is 0.382. The number of rotatable bonds is 6. The summed E-state index contributed by atoms with van der Waals surface area (Å²) in [6.07, 6.45) is 5.65. The zero-order valence-corrected chi connectivity index (χ0v) is 9.21. The third kappa shape index (κ3) is 8.21. The lowest BCUT2D eigenvalue weighted by atomic mass is 10.2. The average molecular weight is 212 g/mol. The molecule has 0 N–H and O–H groups in total. The molecule has 0 spiro atoms. The number of unbranched alkanes of at least 4 members (excludes halogenated alkanes) is 2. The summed E-state index contributed by atoms with van der Waals surface area (Å²) in [6.45, 7) is 0. The van der Waals surface area contributed by atoms with Crippen molar-refractivity contribution in [1.29, 1.82) is 0 Å². The molecule has 1 atom stereocenters. The van der Waals surface area contributed by atoms with Gasteiger partial charge in [0.05, 0.1) is 17.2 Å². The third-order valence-corrected chi connectivity index (χ3v) is 2.85. The highest BCUT2D eigenvalue weighted by molar-refractivity contribution is 8.17. The highest BCUT2D eigenvalue weighted by atomic mass is 35.7. The smallest absolute Gasteiger partial charge is 0.305 e. The summed E-state index contributed by atoms with van der Waals surface area (Å²) in [5.74, 6) is 0.944. The lowest BCUT2D eigenvalue weighted by molar-refractivity contribution is -0.140. The van der Waals surface area contributed by atoms with E-state index in [2.05, 4.69) is 4.74 Å². The molecule has 0 aromatic rings. The summed E-state index contributed by atoms with van der Waals surface area (Å²) < 4.78 is 4.51. The van der Waals surface area contributed by atoms with Gasteiger partial charge in [0.15, 0.2) is 10.7 Å². The molecule has 72 valence electrons. The van der Waals surface area contributed by atoms with Gasteiger partial charge in [-0.05, 0) is 19.3 Å². The van der Waals surface area contributed by atoms with Gasteiger partial charge in [0, 0.05) is 6.42 Å². The lowest BCUT2D eigenvalue weighted by Crippen LogP contribution is -2.00. The van der Waals surface area contributed by atoms with Gasteiger partial charge >= 0.3 is 5.97 Å². The number of hydrogen-bond acceptors (Lipinski definition) is 2. The van der Waals surface area contributed by atoms with Crippen molar-refractivity contribution in [2.45, 2.75) is 25.7 Å². The maximum atomic E-state index is 10.7. The fourth-order valence-electron chi connectivity index (χ4n) is 0.849. The molecule has 0 aliphatic heterocycles. The van der Waals surface area contributed by atoms with Crippen LogP contribution in [0.3, 0.4) is 0 Å². The van der Waals surface area contributed by atoms with Crippen molar-refractivity contribution in [3.63, 3.8) is 0 Å². The normalized spacial score (nSPS) is 12.6. The van der Waals surface area contributed by atoms with Crippen LogP contribution in [0.4, 0.5) is 0 Å². The maximum Gasteiger partial charge on any atom is 0.305 e. The molecule has 0 radical (unpaired) electrons. The predicted molar refractivity (Wildman–Crippen MR) is 54.5 cm³/mol. The van der Waals surface area contributed by atoms with Gasteiger partial charge in [-0.2, -0.15) is 0 Å². The fraction of sp³-hybridized carbons (Fsp3) is 0.875. The van der Waals surface area contributed by atoms with E-state index in [1.165, 1.54) is 7.11 Å². The second-order valence-corrected chi connectivity index (χ2v) is 5.74. The molecule has 0 aromatic carbocycles. The van der Waals surface area contributed by atoms with Crippen LogP contribution in [0.25, 0.3) is 0 Å². The molecule has 0 bridgehead atoms. The molecule has 0 heterocycles. The minimum Gasteiger partial charge on any atom is -0.469 e. The zero-order chi connectivity index (χ0) is 9.40. The van der Waals surface area contributed by atoms with Crippen LogP contribution in [0, 0.1) is 0 Å². The van der Waals surface area contributed by atoms with Crippen molar-refractivity contribution in [3.8, 4) is 0 Å². The van der Waals surface area contributed by atoms with Gasteiger partial charge in [-0.25, -0.2) is 0 Å². The Morgan fingerprint density at radius 1 is 1.42 bits per heavy atom. The SMILES string of the molecule is COC(=O)CCCCC[S+](C)Cl. The number of ether oxygens (including phenoxy) is 1. The average Bonchev–Trinajstić information content (AvgIpc) is 2.03. The van der Waals surface area contributed by atoms with E-state index < -0.39 is 0 Å². The monoisotopic (exact) mass is 211 g/mol. The van der Waals surface area contributed by atoms with Crippen LogP contribution in [0.5, 0.6) is 0 Å². The minimum atomic E-state index is -0.114. The molecule has 0 rings (SSSR count). The predicted octanol–water partition coefficient (Wildman–Crippen LogP) is 2.12. The van der Waals surface area contributed by atoms with Crippen molar-refractivity contribution in [2.24, 2.45) is 0 Å². The molecular weight excluding hydrogens is 196 g/mol. The summed E-state index contributed by atoms with van der Waals surface area (Å²) in [7, 11) is 7.23. The Hall–Kier alpha value is 0.110. The van der Waals surface area contributed by atoms with Crippen molar-refractivity contribution in [1.82, 2.24) is 0 Å². The summed E-state index contributed by atoms with van der Waals surface area (Å²) in [5, 5.41) is 0. The van der Waals surface area contributed by atoms with Crippen LogP contribution >= 0.6 is 10.7 Å². The highest BCUT2D eigenvalue weighted by Gasteiger charge is 2.06. The van der Waals surface area contributed by atoms with Crippen LogP contribution in [0.1, 0.15) is 25.7 Å². The van der Waals surface area contributed by atoms with Gasteiger partial charge in [-0.1, -0.05) is 0 Å². The van der Waals surface area contributed by atoms with E-state index in [0.29, 0.717) is 6.42 Å². The Labute approximate surface area is 81.5 Å². The van der Waals surface area contributed by atoms with Crippen LogP contribution in [-0.2, 0) is 19.6 Å². The topological polar surface area (TPSA) is 26.3 Å². The summed E-state index contributed by atoms with van der Waals surface area (Å²) in [6, 6.07) is 0. The largest absolute Gasteiger partial charge is 0.469 e. The van der Waals surface area contributed by atoms with E-state index in [4.69, 9.17) is 10.7 Å². The highest BCUT2D eigenvalue weighted by Crippen LogP contribution is 2.06. The van der Waals surface area contributed by atoms with Crippen molar-refractivity contribution in [3.05, 3.63) is 0 Å². The molecular formula is C8H16ClO2S+. The first-order chi connectivity index (χ1) is 5.66. The van der Waals surface area contributed by atoms with Crippen LogP contribution in [0.15, 0.2) is 0 Å². The molecule has 4 heteroatoms. The Morgan fingerprint density at radius 2 is 2.08 bits per heavy atom. The standard InChI is InChI=1S/C8H16ClO2S/c1-11-8(10)6-4-3-5-7-12(2)9/h3-7H2,1-2H3/q+1. The molecule has 0 amide bonds. The van der Waals surface area contributed by atoms with E-state index in [-0.39, 0.29) is 16.1 Å². The molecule has 0 saturated heterocycles. The van der Waals surface area contributed by atoms with Gasteiger partial charge in [0.1, 0.15) is 12.0 Å². The Morgan fingerprint density at radius 3 is 2.58 bits per heavy atom. The summed E-state index contributed by atoms with van der Waals surface area (Å²) in [4.78, 5) is 10.7. The fourth-order valence-corrected chi connectivity index (χ4v) is 1.78. The second kappa shape index (κ2) is 7.74. The van der Waals surface area contributed by atoms with Gasteiger partial charge in [0.25, 0.3) is 0 Å². The Bertz CT molecular complexity index is 128. The summed E-state index contributed by atoms with van der Waals surface area (Å²) >= 11 is 0. The molecule has 0 saturated carbocycles. The van der Waals surface area contributed by atoms with Crippen molar-refractivity contribution in [2.75, 3.05) is 19.1 Å². The molecule has 0 aromatic heterocycles. The van der Waals surface area contributed by atoms with E-state index in [1.807, 2.05) is 6.26 Å². The first-order valence-electron chi connectivity index (χ1n) is 4.02. The van der Waals surface area contributed by atoms with Gasteiger partial charge < -0.3 is 4.74 Å². The number of carbonyl (C=O) groups is 1. The number of hydrogen-bond donors (Lipinski definition) is 0. The number of esters is 1. The van der Waals surface area contributed by atoms with E-state index in [9.17, 15) is 4.79 Å². The third-order valence-electron chi connectivity index (χ3n) is 1.53. The second-order valence-electron chi connectivity index (χ2n) is 2.64. The molecule has 0 aliphatic rings. The lowest BCUT2D eigenvalue weighted by Gasteiger charge is -1.97. The van der Waals surface area contributed by atoms with Crippen molar-refractivity contribution >= 4 is 26.8 Å². The van der Waals surface area contributed by atoms with Crippen molar-refractivity contribution < 1.29 is 9.53 Å². The Balaban J connectivity index is 3.05. The van der Waals surface area contributed by atoms with E-state index in [1.54, 1.807) is 0 Å². The maximum absolute atomic E-state index is 10.7. The number of methoxy groups -OCH3 is 1. The molecule has 1 unspecified atom stereocenters. The van der Waals surface area contributed by atoms with E-state index in [0.717, 1.165) is 25.0 Å². The van der Waals surface area contributed by atoms with Crippen LogP contribution in [0.2, 0.25) is 0 Å². The van der Waals surface area contributed by atoms with Gasteiger partial charge in [-0.3, -0.25) is 4.79 Å². The molecule has 0 aliphatic carbocycles. The minimum absolute atomic E-state index is 0.0245. The first-order valence-corrected chi connectivity index (χ1v) is 6.65. The number of carbonyl (C=O) groups excluding carboxylic acids is 1. The van der Waals surface area contributed by atoms with Gasteiger partial charge in [-0.15, -0.1) is 0 Å². The molecule has 0 fully saturated rings.